The lowest BCUT2D eigenvalue weighted by Crippen LogP contribution is -2.48. The van der Waals surface area contributed by atoms with Crippen LogP contribution in [0.3, 0.4) is 0 Å². The second kappa shape index (κ2) is 7.52. The van der Waals surface area contributed by atoms with Crippen LogP contribution in [0.4, 0.5) is 0 Å². The average Bonchev–Trinajstić information content (AvgIpc) is 2.94. The molecular weight excluding hydrogens is 374 g/mol. The van der Waals surface area contributed by atoms with E-state index in [2.05, 4.69) is 27.6 Å². The Hall–Kier alpha value is -1.28. The van der Waals surface area contributed by atoms with Crippen molar-refractivity contribution in [1.29, 1.82) is 0 Å². The third-order valence-electron chi connectivity index (χ3n) is 6.96. The van der Waals surface area contributed by atoms with E-state index in [1.807, 2.05) is 18.2 Å². The van der Waals surface area contributed by atoms with Gasteiger partial charge in [0.2, 0.25) is 5.91 Å². The number of rotatable bonds is 3. The monoisotopic (exact) mass is 405 g/mol. The molecule has 6 nitrogen and oxygen atoms in total. The first-order chi connectivity index (χ1) is 13.3. The Balaban J connectivity index is 1.46. The van der Waals surface area contributed by atoms with Crippen LogP contribution in [0.5, 0.6) is 0 Å². The van der Waals surface area contributed by atoms with Gasteiger partial charge >= 0.3 is 0 Å². The van der Waals surface area contributed by atoms with Gasteiger partial charge in [-0.25, -0.2) is 0 Å². The van der Waals surface area contributed by atoms with Crippen LogP contribution in [-0.4, -0.2) is 59.7 Å². The van der Waals surface area contributed by atoms with Crippen LogP contribution in [0.2, 0.25) is 0 Å². The van der Waals surface area contributed by atoms with Crippen molar-refractivity contribution in [2.45, 2.75) is 43.6 Å². The number of nitrogens with one attached hydrogen (secondary N) is 1. The molecule has 7 heteroatoms. The first kappa shape index (κ1) is 20.0. The van der Waals surface area contributed by atoms with Gasteiger partial charge in [0.1, 0.15) is 16.7 Å². The van der Waals surface area contributed by atoms with E-state index in [1.54, 1.807) is 0 Å². The van der Waals surface area contributed by atoms with E-state index in [-0.39, 0.29) is 17.4 Å². The molecule has 1 aromatic rings. The molecule has 1 aliphatic carbocycles. The number of piperidine rings is 2. The molecule has 2 atom stereocenters. The second-order valence-electron chi connectivity index (χ2n) is 8.92. The van der Waals surface area contributed by atoms with Crippen molar-refractivity contribution in [2.24, 2.45) is 5.92 Å². The molecule has 2 aliphatic heterocycles. The van der Waals surface area contributed by atoms with E-state index < -0.39 is 10.4 Å². The smallest absolute Gasteiger partial charge is 0.225 e. The fourth-order valence-corrected chi connectivity index (χ4v) is 6.13. The number of carbonyl (C=O) groups is 1. The number of nitrogens with zero attached hydrogens (tertiary/aromatic N) is 2. The Morgan fingerprint density at radius 3 is 2.46 bits per heavy atom. The van der Waals surface area contributed by atoms with Crippen molar-refractivity contribution in [2.75, 3.05) is 39.5 Å². The van der Waals surface area contributed by atoms with Gasteiger partial charge in [-0.15, -0.1) is 4.72 Å². The quantitative estimate of drug-likeness (QED) is 0.782. The summed E-state index contributed by atoms with van der Waals surface area (Å²) >= 11 is 0. The first-order valence-corrected chi connectivity index (χ1v) is 12.2. The first-order valence-electron chi connectivity index (χ1n) is 10.3. The summed E-state index contributed by atoms with van der Waals surface area (Å²) in [6.07, 6.45) is 5.74. The van der Waals surface area contributed by atoms with Crippen molar-refractivity contribution in [1.82, 2.24) is 14.5 Å². The number of hydrogen-bond donors (Lipinski definition) is 1. The lowest BCUT2D eigenvalue weighted by molar-refractivity contribution is -0.138. The highest BCUT2D eigenvalue weighted by Gasteiger charge is 2.47. The number of carbonyl (C=O) groups excluding carboxylic acids is 1. The fourth-order valence-electron chi connectivity index (χ4n) is 5.40. The molecule has 28 heavy (non-hydrogen) atoms. The second-order valence-corrected chi connectivity index (χ2v) is 10.7. The highest BCUT2D eigenvalue weighted by Crippen LogP contribution is 2.51. The van der Waals surface area contributed by atoms with Crippen molar-refractivity contribution >= 4 is 16.3 Å². The van der Waals surface area contributed by atoms with E-state index in [0.717, 1.165) is 63.8 Å². The number of likely N-dealkylation sites (tertiary alicyclic amines) is 2. The SMILES string of the molecule is CN1CCC(C(=O)N2CCC3(CC2)CC(N[S+](C)(=O)[O-])c2ccccc23)CC1. The predicted octanol–water partition coefficient (Wildman–Crippen LogP) is 2.10. The molecule has 0 bridgehead atoms. The molecule has 2 heterocycles. The van der Waals surface area contributed by atoms with Crippen LogP contribution in [0.15, 0.2) is 24.3 Å². The summed E-state index contributed by atoms with van der Waals surface area (Å²) in [6, 6.07) is 8.05. The molecule has 2 fully saturated rings. The molecule has 154 valence electrons. The third-order valence-corrected chi connectivity index (χ3v) is 7.67. The van der Waals surface area contributed by atoms with E-state index in [0.29, 0.717) is 5.91 Å². The topological polar surface area (TPSA) is 75.7 Å². The standard InChI is InChI=1S/C21H31N3O3S/c1-23-11-7-16(8-12-23)20(25)24-13-9-21(10-14-24)15-19(22-28(2,26)27)17-5-3-4-6-18(17)21/h3-6,16,19H,7-15H2,1-2H3,(H-,22,26,27). The Kier molecular flexibility index (Phi) is 5.37. The van der Waals surface area contributed by atoms with Gasteiger partial charge in [-0.2, -0.15) is 0 Å². The Labute approximate surface area is 169 Å². The largest absolute Gasteiger partial charge is 0.598 e. The third kappa shape index (κ3) is 3.90. The van der Waals surface area contributed by atoms with Crippen LogP contribution in [0.1, 0.15) is 49.3 Å². The van der Waals surface area contributed by atoms with Crippen LogP contribution in [0.25, 0.3) is 0 Å². The molecule has 2 saturated heterocycles. The summed E-state index contributed by atoms with van der Waals surface area (Å²) in [5.41, 5.74) is 2.34. The molecule has 2 unspecified atom stereocenters. The van der Waals surface area contributed by atoms with Crippen molar-refractivity contribution < 1.29 is 13.6 Å². The average molecular weight is 406 g/mol. The van der Waals surface area contributed by atoms with Crippen LogP contribution in [0, 0.1) is 5.92 Å². The molecular formula is C21H31N3O3S. The van der Waals surface area contributed by atoms with Gasteiger partial charge in [0.05, 0.1) is 6.04 Å². The summed E-state index contributed by atoms with van der Waals surface area (Å²) in [4.78, 5) is 17.3. The van der Waals surface area contributed by atoms with Crippen LogP contribution in [-0.2, 0) is 24.8 Å². The van der Waals surface area contributed by atoms with Gasteiger partial charge in [0, 0.05) is 24.4 Å². The molecule has 4 rings (SSSR count). The van der Waals surface area contributed by atoms with Crippen LogP contribution < -0.4 is 4.72 Å². The van der Waals surface area contributed by atoms with Gasteiger partial charge in [0.15, 0.2) is 0 Å². The molecule has 1 amide bonds. The number of fused-ring (bicyclic) bond motifs is 2. The summed E-state index contributed by atoms with van der Waals surface area (Å²) in [5.74, 6) is 0.487. The van der Waals surface area contributed by atoms with Crippen molar-refractivity contribution in [3.8, 4) is 0 Å². The maximum absolute atomic E-state index is 13.0. The fraction of sp³-hybridized carbons (Fsp3) is 0.667. The molecule has 0 aromatic heterocycles. The minimum absolute atomic E-state index is 0.0253. The normalized spacial score (nSPS) is 27.5. The summed E-state index contributed by atoms with van der Waals surface area (Å²) in [7, 11) is -1.15. The summed E-state index contributed by atoms with van der Waals surface area (Å²) < 4.78 is 26.5. The van der Waals surface area contributed by atoms with Crippen molar-refractivity contribution in [3.63, 3.8) is 0 Å². The lowest BCUT2D eigenvalue weighted by atomic mass is 9.73. The Morgan fingerprint density at radius 2 is 1.82 bits per heavy atom. The molecule has 0 radical (unpaired) electrons. The van der Waals surface area contributed by atoms with Crippen LogP contribution >= 0.6 is 0 Å². The Morgan fingerprint density at radius 1 is 1.18 bits per heavy atom. The highest BCUT2D eigenvalue weighted by atomic mass is 32.3. The van der Waals surface area contributed by atoms with Gasteiger partial charge in [-0.05, 0) is 63.4 Å². The van der Waals surface area contributed by atoms with E-state index in [1.165, 1.54) is 11.8 Å². The van der Waals surface area contributed by atoms with E-state index in [4.69, 9.17) is 0 Å². The van der Waals surface area contributed by atoms with E-state index >= 15 is 0 Å². The molecule has 1 aromatic carbocycles. The maximum Gasteiger partial charge on any atom is 0.225 e. The number of hydrogen-bond acceptors (Lipinski definition) is 4. The minimum atomic E-state index is -3.27. The number of amides is 1. The zero-order chi connectivity index (χ0) is 19.9. The highest BCUT2D eigenvalue weighted by molar-refractivity contribution is 7.95. The van der Waals surface area contributed by atoms with Gasteiger partial charge < -0.3 is 14.4 Å². The lowest BCUT2D eigenvalue weighted by Gasteiger charge is -2.42. The minimum Gasteiger partial charge on any atom is -0.598 e. The molecule has 1 N–H and O–H groups in total. The summed E-state index contributed by atoms with van der Waals surface area (Å²) in [6.45, 7) is 3.54. The van der Waals surface area contributed by atoms with Gasteiger partial charge in [-0.3, -0.25) is 4.79 Å². The predicted molar refractivity (Wildman–Crippen MR) is 109 cm³/mol. The van der Waals surface area contributed by atoms with Gasteiger partial charge in [-0.1, -0.05) is 28.5 Å². The number of benzene rings is 1. The van der Waals surface area contributed by atoms with Gasteiger partial charge in [0.25, 0.3) is 0 Å². The molecule has 0 saturated carbocycles. The van der Waals surface area contributed by atoms with E-state index in [9.17, 15) is 13.6 Å². The maximum atomic E-state index is 13.0. The molecule has 1 spiro atoms. The molecule has 3 aliphatic rings. The number of sulfonamides is 1. The zero-order valence-corrected chi connectivity index (χ0v) is 17.7. The van der Waals surface area contributed by atoms with Crippen molar-refractivity contribution in [3.05, 3.63) is 35.4 Å². The summed E-state index contributed by atoms with van der Waals surface area (Å²) in [5, 5.41) is 0. The zero-order valence-electron chi connectivity index (χ0n) is 16.9. The Bertz CT molecular complexity index is 777.